The van der Waals surface area contributed by atoms with Gasteiger partial charge in [0.2, 0.25) is 0 Å². The number of halogens is 1. The van der Waals surface area contributed by atoms with E-state index in [-0.39, 0.29) is 5.82 Å². The molecule has 86 valence electrons. The van der Waals surface area contributed by atoms with Gasteiger partial charge in [-0.3, -0.25) is 0 Å². The molecule has 0 bridgehead atoms. The average molecular weight is 248 g/mol. The SMILES string of the molecule is COc1ccc(F)cc1-c1ncc(CC#N)s1. The topological polar surface area (TPSA) is 45.9 Å². The van der Waals surface area contributed by atoms with Crippen LogP contribution in [0.2, 0.25) is 0 Å². The Balaban J connectivity index is 2.44. The van der Waals surface area contributed by atoms with Gasteiger partial charge < -0.3 is 4.74 Å². The van der Waals surface area contributed by atoms with Crippen molar-refractivity contribution in [2.45, 2.75) is 6.42 Å². The number of methoxy groups -OCH3 is 1. The van der Waals surface area contributed by atoms with Gasteiger partial charge in [0.1, 0.15) is 16.6 Å². The second-order valence-electron chi connectivity index (χ2n) is 3.31. The number of nitriles is 1. The fourth-order valence-electron chi connectivity index (χ4n) is 1.44. The van der Waals surface area contributed by atoms with Crippen molar-refractivity contribution in [3.8, 4) is 22.4 Å². The molecular formula is C12H9FN2OS. The zero-order chi connectivity index (χ0) is 12.3. The van der Waals surface area contributed by atoms with Crippen LogP contribution in [0, 0.1) is 17.1 Å². The molecule has 0 spiro atoms. The maximum absolute atomic E-state index is 13.2. The lowest BCUT2D eigenvalue weighted by molar-refractivity contribution is 0.415. The van der Waals surface area contributed by atoms with Crippen molar-refractivity contribution in [2.75, 3.05) is 7.11 Å². The zero-order valence-electron chi connectivity index (χ0n) is 9.11. The van der Waals surface area contributed by atoms with Crippen molar-refractivity contribution >= 4 is 11.3 Å². The summed E-state index contributed by atoms with van der Waals surface area (Å²) in [5, 5.41) is 9.25. The molecule has 0 N–H and O–H groups in total. The second kappa shape index (κ2) is 4.93. The summed E-state index contributed by atoms with van der Waals surface area (Å²) >= 11 is 1.37. The minimum atomic E-state index is -0.335. The van der Waals surface area contributed by atoms with Crippen LogP contribution in [0.15, 0.2) is 24.4 Å². The maximum Gasteiger partial charge on any atom is 0.129 e. The molecule has 2 aromatic rings. The number of rotatable bonds is 3. The van der Waals surface area contributed by atoms with Gasteiger partial charge in [-0.05, 0) is 18.2 Å². The minimum Gasteiger partial charge on any atom is -0.496 e. The first-order valence-electron chi connectivity index (χ1n) is 4.90. The molecule has 0 aliphatic rings. The molecule has 0 aliphatic heterocycles. The van der Waals surface area contributed by atoms with Crippen LogP contribution in [-0.4, -0.2) is 12.1 Å². The van der Waals surface area contributed by atoms with Crippen LogP contribution >= 0.6 is 11.3 Å². The summed E-state index contributed by atoms with van der Waals surface area (Å²) in [6.07, 6.45) is 1.95. The monoisotopic (exact) mass is 248 g/mol. The van der Waals surface area contributed by atoms with E-state index in [4.69, 9.17) is 10.00 Å². The normalized spacial score (nSPS) is 9.94. The zero-order valence-corrected chi connectivity index (χ0v) is 9.92. The van der Waals surface area contributed by atoms with Gasteiger partial charge in [0.25, 0.3) is 0 Å². The number of hydrogen-bond acceptors (Lipinski definition) is 4. The molecule has 1 aromatic carbocycles. The van der Waals surface area contributed by atoms with E-state index in [0.29, 0.717) is 22.7 Å². The Hall–Kier alpha value is -1.93. The number of aromatic nitrogens is 1. The summed E-state index contributed by atoms with van der Waals surface area (Å²) in [5.74, 6) is 0.238. The predicted molar refractivity (Wildman–Crippen MR) is 63.4 cm³/mol. The summed E-state index contributed by atoms with van der Waals surface area (Å²) in [4.78, 5) is 5.03. The predicted octanol–water partition coefficient (Wildman–Crippen LogP) is 3.02. The third kappa shape index (κ3) is 2.43. The average Bonchev–Trinajstić information content (AvgIpc) is 2.78. The number of benzene rings is 1. The highest BCUT2D eigenvalue weighted by atomic mass is 32.1. The van der Waals surface area contributed by atoms with Gasteiger partial charge in [-0.15, -0.1) is 11.3 Å². The van der Waals surface area contributed by atoms with E-state index < -0.39 is 0 Å². The van der Waals surface area contributed by atoms with Gasteiger partial charge in [-0.25, -0.2) is 9.37 Å². The maximum atomic E-state index is 13.2. The Labute approximate surface area is 102 Å². The molecule has 17 heavy (non-hydrogen) atoms. The highest BCUT2D eigenvalue weighted by molar-refractivity contribution is 7.15. The highest BCUT2D eigenvalue weighted by Gasteiger charge is 2.11. The van der Waals surface area contributed by atoms with Crippen molar-refractivity contribution in [2.24, 2.45) is 0 Å². The molecule has 0 saturated heterocycles. The Bertz CT molecular complexity index is 574. The number of thiazole rings is 1. The number of nitrogens with zero attached hydrogens (tertiary/aromatic N) is 2. The van der Waals surface area contributed by atoms with Gasteiger partial charge in [0.05, 0.1) is 25.2 Å². The van der Waals surface area contributed by atoms with Crippen LogP contribution in [0.5, 0.6) is 5.75 Å². The van der Waals surface area contributed by atoms with Crippen LogP contribution in [0.1, 0.15) is 4.88 Å². The van der Waals surface area contributed by atoms with Crippen molar-refractivity contribution in [3.63, 3.8) is 0 Å². The fourth-order valence-corrected chi connectivity index (χ4v) is 2.30. The fraction of sp³-hybridized carbons (Fsp3) is 0.167. The van der Waals surface area contributed by atoms with Crippen LogP contribution in [0.25, 0.3) is 10.6 Å². The molecule has 0 amide bonds. The molecule has 0 unspecified atom stereocenters. The lowest BCUT2D eigenvalue weighted by atomic mass is 10.2. The summed E-state index contributed by atoms with van der Waals surface area (Å²) in [7, 11) is 1.53. The summed E-state index contributed by atoms with van der Waals surface area (Å²) < 4.78 is 18.4. The lowest BCUT2D eigenvalue weighted by Crippen LogP contribution is -1.88. The Morgan fingerprint density at radius 2 is 2.35 bits per heavy atom. The first-order valence-corrected chi connectivity index (χ1v) is 5.72. The van der Waals surface area contributed by atoms with Gasteiger partial charge in [0.15, 0.2) is 0 Å². The third-order valence-corrected chi connectivity index (χ3v) is 3.23. The molecule has 5 heteroatoms. The van der Waals surface area contributed by atoms with Crippen molar-refractivity contribution in [1.29, 1.82) is 5.26 Å². The van der Waals surface area contributed by atoms with Crippen LogP contribution in [0.3, 0.4) is 0 Å². The van der Waals surface area contributed by atoms with E-state index in [1.807, 2.05) is 0 Å². The molecule has 2 rings (SSSR count). The van der Waals surface area contributed by atoms with Crippen LogP contribution in [-0.2, 0) is 6.42 Å². The molecular weight excluding hydrogens is 239 g/mol. The van der Waals surface area contributed by atoms with Crippen molar-refractivity contribution < 1.29 is 9.13 Å². The van der Waals surface area contributed by atoms with Gasteiger partial charge in [0, 0.05) is 11.1 Å². The summed E-state index contributed by atoms with van der Waals surface area (Å²) in [5.41, 5.74) is 0.613. The molecule has 0 aliphatic carbocycles. The molecule has 0 radical (unpaired) electrons. The number of ether oxygens (including phenoxy) is 1. The van der Waals surface area contributed by atoms with Gasteiger partial charge >= 0.3 is 0 Å². The highest BCUT2D eigenvalue weighted by Crippen LogP contribution is 2.33. The van der Waals surface area contributed by atoms with Crippen molar-refractivity contribution in [1.82, 2.24) is 4.98 Å². The van der Waals surface area contributed by atoms with Crippen LogP contribution < -0.4 is 4.74 Å². The van der Waals surface area contributed by atoms with E-state index in [9.17, 15) is 4.39 Å². The molecule has 1 aromatic heterocycles. The lowest BCUT2D eigenvalue weighted by Gasteiger charge is -2.05. The minimum absolute atomic E-state index is 0.315. The Kier molecular flexibility index (Phi) is 3.35. The van der Waals surface area contributed by atoms with E-state index in [1.165, 1.54) is 30.6 Å². The summed E-state index contributed by atoms with van der Waals surface area (Å²) in [6, 6.07) is 6.34. The van der Waals surface area contributed by atoms with Gasteiger partial charge in [-0.2, -0.15) is 5.26 Å². The smallest absolute Gasteiger partial charge is 0.129 e. The Morgan fingerprint density at radius 3 is 3.06 bits per heavy atom. The Morgan fingerprint density at radius 1 is 1.53 bits per heavy atom. The summed E-state index contributed by atoms with van der Waals surface area (Å²) in [6.45, 7) is 0. The standard InChI is InChI=1S/C12H9FN2OS/c1-16-11-3-2-8(13)6-10(11)12-15-7-9(17-12)4-5-14/h2-3,6-7H,4H2,1H3. The van der Waals surface area contributed by atoms with Crippen LogP contribution in [0.4, 0.5) is 4.39 Å². The van der Waals surface area contributed by atoms with E-state index in [2.05, 4.69) is 11.1 Å². The van der Waals surface area contributed by atoms with E-state index >= 15 is 0 Å². The molecule has 0 saturated carbocycles. The second-order valence-corrected chi connectivity index (χ2v) is 4.43. The number of hydrogen-bond donors (Lipinski definition) is 0. The van der Waals surface area contributed by atoms with E-state index in [1.54, 1.807) is 12.3 Å². The van der Waals surface area contributed by atoms with Gasteiger partial charge in [-0.1, -0.05) is 0 Å². The quantitative estimate of drug-likeness (QED) is 0.838. The van der Waals surface area contributed by atoms with Crippen molar-refractivity contribution in [3.05, 3.63) is 35.1 Å². The first-order chi connectivity index (χ1) is 8.24. The largest absolute Gasteiger partial charge is 0.496 e. The molecule has 1 heterocycles. The van der Waals surface area contributed by atoms with E-state index in [0.717, 1.165) is 4.88 Å². The third-order valence-electron chi connectivity index (χ3n) is 2.20. The molecule has 0 atom stereocenters. The molecule has 3 nitrogen and oxygen atoms in total. The molecule has 0 fully saturated rings. The first kappa shape index (κ1) is 11.6.